The number of benzene rings is 5. The van der Waals surface area contributed by atoms with Crippen molar-refractivity contribution in [2.45, 2.75) is 27.3 Å². The molecule has 5 nitrogen and oxygen atoms in total. The van der Waals surface area contributed by atoms with Crippen molar-refractivity contribution in [1.82, 2.24) is 4.57 Å². The van der Waals surface area contributed by atoms with E-state index in [1.807, 2.05) is 41.1 Å². The summed E-state index contributed by atoms with van der Waals surface area (Å²) in [5, 5.41) is 2.25. The van der Waals surface area contributed by atoms with E-state index < -0.39 is 0 Å². The summed E-state index contributed by atoms with van der Waals surface area (Å²) < 4.78 is 10.7. The van der Waals surface area contributed by atoms with Gasteiger partial charge in [-0.15, -0.1) is 35.7 Å². The van der Waals surface area contributed by atoms with Crippen LogP contribution in [0.1, 0.15) is 26.3 Å². The van der Waals surface area contributed by atoms with Crippen LogP contribution in [0.15, 0.2) is 146 Å². The van der Waals surface area contributed by atoms with Gasteiger partial charge < -0.3 is 14.5 Å². The Labute approximate surface area is 302 Å². The predicted octanol–water partition coefficient (Wildman–Crippen LogP) is 10.4. The van der Waals surface area contributed by atoms with Crippen molar-refractivity contribution < 1.29 is 30.4 Å². The molecule has 6 heteroatoms. The normalized spacial score (nSPS) is 14.3. The molecule has 3 heterocycles. The maximum Gasteiger partial charge on any atom is 2.00 e. The van der Waals surface area contributed by atoms with Gasteiger partial charge in [0.25, 0.3) is 0 Å². The number of anilines is 3. The van der Waals surface area contributed by atoms with Crippen LogP contribution in [0, 0.1) is 23.7 Å². The fraction of sp³-hybridized carbons (Fsp3) is 0.116. The zero-order valence-electron chi connectivity index (χ0n) is 27.8. The number of ether oxygens (including phenoxy) is 1. The molecule has 8 rings (SSSR count). The van der Waals surface area contributed by atoms with Crippen LogP contribution in [-0.2, 0) is 27.6 Å². The third kappa shape index (κ3) is 5.79. The molecular weight excluding hydrogens is 784 g/mol. The first-order chi connectivity index (χ1) is 23.3. The van der Waals surface area contributed by atoms with Crippen molar-refractivity contribution in [3.63, 3.8) is 0 Å². The van der Waals surface area contributed by atoms with Gasteiger partial charge in [0, 0.05) is 31.0 Å². The van der Waals surface area contributed by atoms with E-state index in [2.05, 4.69) is 152 Å². The van der Waals surface area contributed by atoms with E-state index in [-0.39, 0.29) is 26.5 Å². The molecule has 0 amide bonds. The Kier molecular flexibility index (Phi) is 8.34. The number of nitrogens with zero attached hydrogens (tertiary/aromatic N) is 4. The van der Waals surface area contributed by atoms with Gasteiger partial charge in [0.05, 0.1) is 16.9 Å². The number of hydrogen-bond donors (Lipinski definition) is 0. The third-order valence-corrected chi connectivity index (χ3v) is 9.05. The van der Waals surface area contributed by atoms with Crippen molar-refractivity contribution >= 4 is 45.6 Å². The number of hydrogen-bond acceptors (Lipinski definition) is 3. The summed E-state index contributed by atoms with van der Waals surface area (Å²) in [5.74, 6) is 2.07. The Morgan fingerprint density at radius 3 is 2.29 bits per heavy atom. The first-order valence-electron chi connectivity index (χ1n) is 16.2. The molecule has 0 aliphatic carbocycles. The molecule has 0 unspecified atom stereocenters. The average molecular weight is 820 g/mol. The molecule has 0 atom stereocenters. The fourth-order valence-electron chi connectivity index (χ4n) is 6.58. The summed E-state index contributed by atoms with van der Waals surface area (Å²) in [7, 11) is 0. The van der Waals surface area contributed by atoms with Crippen LogP contribution in [0.4, 0.5) is 17.1 Å². The predicted molar refractivity (Wildman–Crippen MR) is 197 cm³/mol. The molecule has 0 bridgehead atoms. The Hall–Kier alpha value is -5.25. The number of rotatable bonds is 6. The monoisotopic (exact) mass is 819 g/mol. The second-order valence-electron chi connectivity index (χ2n) is 13.2. The van der Waals surface area contributed by atoms with Gasteiger partial charge in [-0.1, -0.05) is 111 Å². The molecule has 0 saturated carbocycles. The molecule has 49 heavy (non-hydrogen) atoms. The standard InChI is InChI=1S/C43H36N4O.Pt/c1-30-45(29-31-14-7-6-8-15-31)39-20-11-12-21-40(39)46(30)33-16-13-17-34(27-33)48-35-22-23-37-36-18-9-10-19-38(36)47(41(37)28-35)42-26-32(43(2,3)4)24-25-44(42)5;/h6-26H,1,5,29H2,2-4H3;/q-2;+2. The van der Waals surface area contributed by atoms with Crippen LogP contribution < -0.4 is 14.5 Å². The van der Waals surface area contributed by atoms with Crippen molar-refractivity contribution in [2.75, 3.05) is 9.80 Å². The van der Waals surface area contributed by atoms with Crippen molar-refractivity contribution in [2.24, 2.45) is 5.41 Å². The van der Waals surface area contributed by atoms with Gasteiger partial charge in [0.2, 0.25) is 6.17 Å². The van der Waals surface area contributed by atoms with Crippen molar-refractivity contribution in [1.29, 1.82) is 0 Å². The molecule has 0 spiro atoms. The first-order valence-corrected chi connectivity index (χ1v) is 16.2. The summed E-state index contributed by atoms with van der Waals surface area (Å²) in [6.45, 7) is 16.2. The van der Waals surface area contributed by atoms with Gasteiger partial charge in [-0.3, -0.25) is 9.14 Å². The molecule has 0 N–H and O–H groups in total. The minimum atomic E-state index is -0.0135. The Morgan fingerprint density at radius 2 is 1.49 bits per heavy atom. The molecule has 0 saturated heterocycles. The van der Waals surface area contributed by atoms with Crippen molar-refractivity contribution in [3.8, 4) is 11.5 Å². The Morgan fingerprint density at radius 1 is 0.776 bits per heavy atom. The molecule has 1 aromatic heterocycles. The maximum atomic E-state index is 6.51. The second-order valence-corrected chi connectivity index (χ2v) is 13.2. The van der Waals surface area contributed by atoms with Crippen LogP contribution in [0.2, 0.25) is 0 Å². The summed E-state index contributed by atoms with van der Waals surface area (Å²) >= 11 is 0. The largest absolute Gasteiger partial charge is 2.00 e. The molecule has 0 radical (unpaired) electrons. The summed E-state index contributed by atoms with van der Waals surface area (Å²) in [4.78, 5) is 4.39. The Balaban J connectivity index is 0.00000378. The summed E-state index contributed by atoms with van der Waals surface area (Å²) in [6, 6.07) is 44.5. The smallest absolute Gasteiger partial charge is 0.510 e. The minimum Gasteiger partial charge on any atom is -0.510 e. The van der Waals surface area contributed by atoms with Crippen molar-refractivity contribution in [3.05, 3.63) is 169 Å². The van der Waals surface area contributed by atoms with Crippen LogP contribution in [0.3, 0.4) is 0 Å². The molecule has 6 aromatic rings. The van der Waals surface area contributed by atoms with E-state index in [4.69, 9.17) is 4.74 Å². The molecule has 2 aliphatic rings. The zero-order valence-corrected chi connectivity index (χ0v) is 30.0. The third-order valence-electron chi connectivity index (χ3n) is 9.05. The fourth-order valence-corrected chi connectivity index (χ4v) is 6.58. The number of aromatic nitrogens is 1. The maximum absolute atomic E-state index is 6.51. The van der Waals surface area contributed by atoms with Gasteiger partial charge in [0.15, 0.2) is 0 Å². The van der Waals surface area contributed by atoms with Crippen LogP contribution >= 0.6 is 0 Å². The van der Waals surface area contributed by atoms with Gasteiger partial charge in [-0.25, -0.2) is 0 Å². The van der Waals surface area contributed by atoms with Gasteiger partial charge in [-0.05, 0) is 40.8 Å². The summed E-state index contributed by atoms with van der Waals surface area (Å²) in [5.41, 5.74) is 7.46. The van der Waals surface area contributed by atoms with Crippen LogP contribution in [0.5, 0.6) is 11.5 Å². The SMILES string of the molecule is C=C1N(Cc2ccccc2)c2ccccc2N1c1[c-]c(Oc2[c-]c3c(cc2)c2ccccc2n3[C-]2C=C(C(C)(C)C)C=C[N+]2=C)ccc1.[Pt+2]. The summed E-state index contributed by atoms with van der Waals surface area (Å²) in [6.07, 6.45) is 7.35. The zero-order chi connectivity index (χ0) is 33.0. The molecule has 2 aliphatic heterocycles. The quantitative estimate of drug-likeness (QED) is 0.124. The Bertz CT molecular complexity index is 2290. The van der Waals surface area contributed by atoms with Gasteiger partial charge >= 0.3 is 21.1 Å². The van der Waals surface area contributed by atoms with Gasteiger partial charge in [-0.2, -0.15) is 12.1 Å². The first kappa shape index (κ1) is 32.3. The van der Waals surface area contributed by atoms with E-state index in [9.17, 15) is 0 Å². The molecule has 0 fully saturated rings. The second kappa shape index (κ2) is 12.6. The molecular formula is C43H36N4OPt. The van der Waals surface area contributed by atoms with E-state index >= 15 is 0 Å². The molecule has 5 aromatic carbocycles. The topological polar surface area (TPSA) is 23.6 Å². The average Bonchev–Trinajstić information content (AvgIpc) is 3.56. The number of allylic oxidation sites excluding steroid dienone is 2. The van der Waals surface area contributed by atoms with Gasteiger partial charge in [0.1, 0.15) is 5.82 Å². The van der Waals surface area contributed by atoms with E-state index in [1.54, 1.807) is 0 Å². The van der Waals surface area contributed by atoms with E-state index in [0.717, 1.165) is 57.4 Å². The van der Waals surface area contributed by atoms with E-state index in [0.29, 0.717) is 11.5 Å². The van der Waals surface area contributed by atoms with Crippen LogP contribution in [-0.4, -0.2) is 15.9 Å². The number of fused-ring (bicyclic) bond motifs is 4. The van der Waals surface area contributed by atoms with Crippen LogP contribution in [0.25, 0.3) is 21.8 Å². The van der Waals surface area contributed by atoms with E-state index in [1.165, 1.54) is 11.1 Å². The number of para-hydroxylation sites is 3. The molecule has 244 valence electrons. The minimum absolute atomic E-state index is 0.